The Morgan fingerprint density at radius 3 is 2.48 bits per heavy atom. The second-order valence-electron chi connectivity index (χ2n) is 10.8. The smallest absolute Gasteiger partial charge is 0.269 e. The molecule has 1 aliphatic heterocycles. The molecular formula is C29H34N8O3. The molecule has 4 aromatic rings. The number of anilines is 1. The van der Waals surface area contributed by atoms with Gasteiger partial charge in [0.1, 0.15) is 6.04 Å². The number of fused-ring (bicyclic) bond motifs is 1. The molecule has 0 unspecified atom stereocenters. The maximum absolute atomic E-state index is 13.6. The predicted molar refractivity (Wildman–Crippen MR) is 153 cm³/mol. The van der Waals surface area contributed by atoms with Crippen molar-refractivity contribution in [2.45, 2.75) is 57.5 Å². The van der Waals surface area contributed by atoms with E-state index in [4.69, 9.17) is 0 Å². The first kappa shape index (κ1) is 26.1. The lowest BCUT2D eigenvalue weighted by atomic mass is 9.95. The van der Waals surface area contributed by atoms with Crippen molar-refractivity contribution in [3.8, 4) is 0 Å². The van der Waals surface area contributed by atoms with Gasteiger partial charge in [0.2, 0.25) is 0 Å². The van der Waals surface area contributed by atoms with E-state index in [1.54, 1.807) is 24.3 Å². The van der Waals surface area contributed by atoms with Crippen LogP contribution in [0.3, 0.4) is 0 Å². The SMILES string of the molecule is CCc1ccc2[nH]c(=O)c([C@@H](c3nnnn3C3CCCCC3)N3CCN(c4ccc([N+](=O)[O-])cc4)CC3)cc2c1. The summed E-state index contributed by atoms with van der Waals surface area (Å²) in [6.07, 6.45) is 6.52. The number of nitrogens with zero attached hydrogens (tertiary/aromatic N) is 7. The third-order valence-corrected chi connectivity index (χ3v) is 8.43. The Morgan fingerprint density at radius 1 is 1.02 bits per heavy atom. The van der Waals surface area contributed by atoms with Gasteiger partial charge in [0.05, 0.1) is 11.0 Å². The van der Waals surface area contributed by atoms with Crippen LogP contribution in [0.1, 0.15) is 68.1 Å². The predicted octanol–water partition coefficient (Wildman–Crippen LogP) is 4.40. The maximum Gasteiger partial charge on any atom is 0.269 e. The summed E-state index contributed by atoms with van der Waals surface area (Å²) in [5.74, 6) is 0.715. The molecule has 208 valence electrons. The van der Waals surface area contributed by atoms with Crippen LogP contribution in [0.15, 0.2) is 53.3 Å². The van der Waals surface area contributed by atoms with Crippen LogP contribution in [0.2, 0.25) is 0 Å². The summed E-state index contributed by atoms with van der Waals surface area (Å²) in [6.45, 7) is 4.92. The van der Waals surface area contributed by atoms with Crippen molar-refractivity contribution in [1.82, 2.24) is 30.1 Å². The highest BCUT2D eigenvalue weighted by Crippen LogP contribution is 2.34. The first-order valence-corrected chi connectivity index (χ1v) is 14.2. The fraction of sp³-hybridized carbons (Fsp3) is 0.448. The number of rotatable bonds is 7. The van der Waals surface area contributed by atoms with Crippen molar-refractivity contribution in [2.24, 2.45) is 0 Å². The van der Waals surface area contributed by atoms with Gasteiger partial charge in [-0.05, 0) is 71.0 Å². The number of aryl methyl sites for hydroxylation is 1. The topological polar surface area (TPSA) is 126 Å². The van der Waals surface area contributed by atoms with Gasteiger partial charge in [0, 0.05) is 55.1 Å². The molecule has 2 aliphatic rings. The third-order valence-electron chi connectivity index (χ3n) is 8.43. The zero-order chi connectivity index (χ0) is 27.6. The highest BCUT2D eigenvalue weighted by Gasteiger charge is 2.34. The summed E-state index contributed by atoms with van der Waals surface area (Å²) in [4.78, 5) is 31.9. The second-order valence-corrected chi connectivity index (χ2v) is 10.8. The van der Waals surface area contributed by atoms with Crippen molar-refractivity contribution in [2.75, 3.05) is 31.1 Å². The molecule has 11 heteroatoms. The Kier molecular flexibility index (Phi) is 7.29. The number of H-pyrrole nitrogens is 1. The number of aromatic nitrogens is 5. The van der Waals surface area contributed by atoms with E-state index in [-0.39, 0.29) is 22.2 Å². The average Bonchev–Trinajstić information content (AvgIpc) is 3.48. The van der Waals surface area contributed by atoms with Gasteiger partial charge in [-0.3, -0.25) is 19.8 Å². The fourth-order valence-corrected chi connectivity index (χ4v) is 6.18. The van der Waals surface area contributed by atoms with Crippen molar-refractivity contribution in [1.29, 1.82) is 0 Å². The fourth-order valence-electron chi connectivity index (χ4n) is 6.18. The average molecular weight is 543 g/mol. The van der Waals surface area contributed by atoms with Gasteiger partial charge in [0.25, 0.3) is 11.2 Å². The minimum atomic E-state index is -0.394. The van der Waals surface area contributed by atoms with E-state index in [2.05, 4.69) is 49.4 Å². The quantitative estimate of drug-likeness (QED) is 0.269. The molecule has 2 aromatic heterocycles. The van der Waals surface area contributed by atoms with Crippen LogP contribution in [0.25, 0.3) is 10.9 Å². The summed E-state index contributed by atoms with van der Waals surface area (Å²) in [6, 6.07) is 14.7. The summed E-state index contributed by atoms with van der Waals surface area (Å²) in [5, 5.41) is 25.1. The van der Waals surface area contributed by atoms with E-state index < -0.39 is 6.04 Å². The van der Waals surface area contributed by atoms with Crippen LogP contribution >= 0.6 is 0 Å². The van der Waals surface area contributed by atoms with Crippen LogP contribution in [-0.2, 0) is 6.42 Å². The number of piperazine rings is 1. The molecule has 1 saturated carbocycles. The number of tetrazole rings is 1. The van der Waals surface area contributed by atoms with Crippen LogP contribution in [-0.4, -0.2) is 61.2 Å². The lowest BCUT2D eigenvalue weighted by molar-refractivity contribution is -0.384. The van der Waals surface area contributed by atoms with Crippen LogP contribution in [0.4, 0.5) is 11.4 Å². The normalized spacial score (nSPS) is 17.8. The number of aromatic amines is 1. The lowest BCUT2D eigenvalue weighted by Crippen LogP contribution is -2.49. The molecule has 6 rings (SSSR count). The van der Waals surface area contributed by atoms with Gasteiger partial charge in [0.15, 0.2) is 5.82 Å². The summed E-state index contributed by atoms with van der Waals surface area (Å²) >= 11 is 0. The van der Waals surface area contributed by atoms with E-state index in [9.17, 15) is 14.9 Å². The highest BCUT2D eigenvalue weighted by atomic mass is 16.6. The standard InChI is InChI=1S/C29H34N8O3/c1-2-20-8-13-26-21(18-20)19-25(29(38)30-26)27(28-31-32-33-36(28)23-6-4-3-5-7-23)35-16-14-34(15-17-35)22-9-11-24(12-10-22)37(39)40/h8-13,18-19,23,27H,2-7,14-17H2,1H3,(H,30,38)/t27-/m0/s1. The van der Waals surface area contributed by atoms with E-state index >= 15 is 0 Å². The number of hydrogen-bond acceptors (Lipinski definition) is 8. The van der Waals surface area contributed by atoms with Gasteiger partial charge in [-0.15, -0.1) is 5.10 Å². The number of non-ortho nitro benzene ring substituents is 1. The van der Waals surface area contributed by atoms with Crippen LogP contribution < -0.4 is 10.5 Å². The monoisotopic (exact) mass is 542 g/mol. The van der Waals surface area contributed by atoms with E-state index in [0.29, 0.717) is 37.6 Å². The molecule has 0 amide bonds. The molecule has 11 nitrogen and oxygen atoms in total. The Morgan fingerprint density at radius 2 is 1.77 bits per heavy atom. The second kappa shape index (κ2) is 11.2. The third kappa shape index (κ3) is 5.08. The van der Waals surface area contributed by atoms with Crippen molar-refractivity contribution in [3.05, 3.63) is 86.0 Å². The summed E-state index contributed by atoms with van der Waals surface area (Å²) in [5.41, 5.74) is 3.59. The first-order valence-electron chi connectivity index (χ1n) is 14.2. The largest absolute Gasteiger partial charge is 0.369 e. The molecule has 2 fully saturated rings. The van der Waals surface area contributed by atoms with Gasteiger partial charge >= 0.3 is 0 Å². The molecule has 1 aliphatic carbocycles. The summed E-state index contributed by atoms with van der Waals surface area (Å²) in [7, 11) is 0. The molecule has 0 radical (unpaired) electrons. The minimum Gasteiger partial charge on any atom is -0.369 e. The van der Waals surface area contributed by atoms with Gasteiger partial charge in [-0.1, -0.05) is 32.3 Å². The van der Waals surface area contributed by atoms with Crippen molar-refractivity contribution >= 4 is 22.3 Å². The first-order chi connectivity index (χ1) is 19.5. The molecule has 0 spiro atoms. The summed E-state index contributed by atoms with van der Waals surface area (Å²) < 4.78 is 1.97. The van der Waals surface area contributed by atoms with Gasteiger partial charge < -0.3 is 9.88 Å². The molecule has 0 bridgehead atoms. The van der Waals surface area contributed by atoms with Crippen molar-refractivity contribution in [3.63, 3.8) is 0 Å². The van der Waals surface area contributed by atoms with Gasteiger partial charge in [-0.25, -0.2) is 4.68 Å². The highest BCUT2D eigenvalue weighted by molar-refractivity contribution is 5.80. The molecule has 40 heavy (non-hydrogen) atoms. The number of hydrogen-bond donors (Lipinski definition) is 1. The lowest BCUT2D eigenvalue weighted by Gasteiger charge is -2.40. The zero-order valence-electron chi connectivity index (χ0n) is 22.7. The van der Waals surface area contributed by atoms with Crippen molar-refractivity contribution < 1.29 is 4.92 Å². The Balaban J connectivity index is 1.36. The maximum atomic E-state index is 13.6. The van der Waals surface area contributed by atoms with Crippen LogP contribution in [0.5, 0.6) is 0 Å². The zero-order valence-corrected chi connectivity index (χ0v) is 22.7. The Hall–Kier alpha value is -4.12. The minimum absolute atomic E-state index is 0.0822. The number of nitro benzene ring substituents is 1. The molecule has 2 aromatic carbocycles. The Labute approximate surface area is 231 Å². The van der Waals surface area contributed by atoms with Gasteiger partial charge in [-0.2, -0.15) is 0 Å². The molecule has 1 N–H and O–H groups in total. The van der Waals surface area contributed by atoms with Crippen LogP contribution in [0, 0.1) is 10.1 Å². The molecular weight excluding hydrogens is 508 g/mol. The van der Waals surface area contributed by atoms with E-state index in [1.807, 2.05) is 16.8 Å². The Bertz CT molecular complexity index is 1550. The molecule has 1 saturated heterocycles. The number of nitrogens with one attached hydrogen (secondary N) is 1. The molecule has 3 heterocycles. The number of pyridine rings is 1. The van der Waals surface area contributed by atoms with E-state index in [0.717, 1.165) is 48.7 Å². The number of nitro groups is 1. The molecule has 1 atom stereocenters. The van der Waals surface area contributed by atoms with E-state index in [1.165, 1.54) is 12.0 Å². The number of benzene rings is 2.